The van der Waals surface area contributed by atoms with E-state index in [1.54, 1.807) is 0 Å². The fourth-order valence-corrected chi connectivity index (χ4v) is 1.54. The van der Waals surface area contributed by atoms with Crippen LogP contribution in [0.25, 0.3) is 0 Å². The van der Waals surface area contributed by atoms with Crippen LogP contribution in [0.15, 0.2) is 0 Å². The van der Waals surface area contributed by atoms with Gasteiger partial charge in [-0.25, -0.2) is 0 Å². The van der Waals surface area contributed by atoms with E-state index in [9.17, 15) is 4.79 Å². The molecule has 1 aliphatic rings. The third-order valence-corrected chi connectivity index (χ3v) is 2.54. The van der Waals surface area contributed by atoms with Crippen LogP contribution in [-0.4, -0.2) is 18.6 Å². The lowest BCUT2D eigenvalue weighted by atomic mass is 9.72. The quantitative estimate of drug-likeness (QED) is 0.711. The summed E-state index contributed by atoms with van der Waals surface area (Å²) in [5.74, 6) is 0.606. The number of rotatable bonds is 3. The number of carbonyl (C=O) groups excluding carboxylic acids is 1. The van der Waals surface area contributed by atoms with Gasteiger partial charge in [0.25, 0.3) is 0 Å². The Morgan fingerprint density at radius 3 is 2.54 bits per heavy atom. The smallest absolute Gasteiger partial charge is 0.308 e. The molecule has 1 fully saturated rings. The number of nitrogens with two attached hydrogens (primary N) is 1. The van der Waals surface area contributed by atoms with Gasteiger partial charge in [0.1, 0.15) is 0 Å². The molecule has 1 rings (SSSR count). The van der Waals surface area contributed by atoms with Crippen LogP contribution in [0, 0.1) is 11.8 Å². The first-order valence-electron chi connectivity index (χ1n) is 4.57. The van der Waals surface area contributed by atoms with Gasteiger partial charge < -0.3 is 10.5 Å². The average Bonchev–Trinajstić information content (AvgIpc) is 1.82. The molecule has 78 valence electrons. The number of hydrogen-bond donors (Lipinski definition) is 1. The lowest BCUT2D eigenvalue weighted by molar-refractivity contribution is -0.153. The van der Waals surface area contributed by atoms with E-state index in [2.05, 4.69) is 0 Å². The van der Waals surface area contributed by atoms with Gasteiger partial charge in [0.2, 0.25) is 0 Å². The zero-order chi connectivity index (χ0) is 9.14. The molecule has 0 spiro atoms. The third kappa shape index (κ3) is 3.16. The molecule has 0 aromatic carbocycles. The minimum atomic E-state index is -0.0469. The van der Waals surface area contributed by atoms with Crippen molar-refractivity contribution in [1.29, 1.82) is 0 Å². The molecule has 1 unspecified atom stereocenters. The predicted molar refractivity (Wildman–Crippen MR) is 53.7 cm³/mol. The largest absolute Gasteiger partial charge is 0.466 e. The SMILES string of the molecule is CCOC(=O)C1CC(C(C)N)C1.Cl. The molecule has 1 aliphatic carbocycles. The van der Waals surface area contributed by atoms with Crippen LogP contribution >= 0.6 is 12.4 Å². The molecule has 0 aliphatic heterocycles. The molecule has 1 atom stereocenters. The number of hydrogen-bond acceptors (Lipinski definition) is 3. The van der Waals surface area contributed by atoms with Crippen molar-refractivity contribution in [3.05, 3.63) is 0 Å². The highest BCUT2D eigenvalue weighted by Crippen LogP contribution is 2.36. The fraction of sp³-hybridized carbons (Fsp3) is 0.889. The third-order valence-electron chi connectivity index (χ3n) is 2.54. The predicted octanol–water partition coefficient (Wildman–Crippen LogP) is 1.34. The van der Waals surface area contributed by atoms with Crippen molar-refractivity contribution < 1.29 is 9.53 Å². The molecule has 0 amide bonds. The van der Waals surface area contributed by atoms with Crippen LogP contribution in [-0.2, 0) is 9.53 Å². The van der Waals surface area contributed by atoms with Gasteiger partial charge in [0.05, 0.1) is 12.5 Å². The monoisotopic (exact) mass is 207 g/mol. The Morgan fingerprint density at radius 1 is 1.62 bits per heavy atom. The van der Waals surface area contributed by atoms with Crippen LogP contribution < -0.4 is 5.73 Å². The second kappa shape index (κ2) is 5.45. The molecule has 1 saturated carbocycles. The summed E-state index contributed by atoms with van der Waals surface area (Å²) in [6.45, 7) is 4.31. The van der Waals surface area contributed by atoms with Gasteiger partial charge in [0.15, 0.2) is 0 Å². The molecule has 0 aromatic rings. The standard InChI is InChI=1S/C9H17NO2.ClH/c1-3-12-9(11)8-4-7(5-8)6(2)10;/h6-8H,3-5,10H2,1-2H3;1H. The zero-order valence-electron chi connectivity index (χ0n) is 8.16. The highest BCUT2D eigenvalue weighted by atomic mass is 35.5. The molecule has 3 nitrogen and oxygen atoms in total. The summed E-state index contributed by atoms with van der Waals surface area (Å²) in [5, 5.41) is 0. The van der Waals surface area contributed by atoms with Crippen molar-refractivity contribution in [1.82, 2.24) is 0 Å². The van der Waals surface area contributed by atoms with Gasteiger partial charge in [-0.1, -0.05) is 0 Å². The first-order valence-corrected chi connectivity index (χ1v) is 4.57. The Labute approximate surface area is 85.4 Å². The highest BCUT2D eigenvalue weighted by molar-refractivity contribution is 5.85. The van der Waals surface area contributed by atoms with Gasteiger partial charge in [0, 0.05) is 6.04 Å². The van der Waals surface area contributed by atoms with E-state index in [0.29, 0.717) is 12.5 Å². The van der Waals surface area contributed by atoms with E-state index < -0.39 is 0 Å². The summed E-state index contributed by atoms with van der Waals surface area (Å²) < 4.78 is 4.89. The molecule has 0 aromatic heterocycles. The summed E-state index contributed by atoms with van der Waals surface area (Å²) >= 11 is 0. The number of esters is 1. The number of ether oxygens (including phenoxy) is 1. The Balaban J connectivity index is 0.00000144. The fourth-order valence-electron chi connectivity index (χ4n) is 1.54. The van der Waals surface area contributed by atoms with E-state index in [-0.39, 0.29) is 30.3 Å². The average molecular weight is 208 g/mol. The number of halogens is 1. The van der Waals surface area contributed by atoms with Gasteiger partial charge in [-0.05, 0) is 32.6 Å². The topological polar surface area (TPSA) is 52.3 Å². The Hall–Kier alpha value is -0.280. The summed E-state index contributed by atoms with van der Waals surface area (Å²) in [6.07, 6.45) is 1.83. The van der Waals surface area contributed by atoms with Crippen molar-refractivity contribution >= 4 is 18.4 Å². The van der Waals surface area contributed by atoms with Crippen LogP contribution in [0.2, 0.25) is 0 Å². The molecule has 0 radical (unpaired) electrons. The van der Waals surface area contributed by atoms with Gasteiger partial charge >= 0.3 is 5.97 Å². The minimum Gasteiger partial charge on any atom is -0.466 e. The maximum Gasteiger partial charge on any atom is 0.308 e. The summed E-state index contributed by atoms with van der Waals surface area (Å²) in [6, 6.07) is 0.218. The lowest BCUT2D eigenvalue weighted by Gasteiger charge is -2.35. The minimum absolute atomic E-state index is 0. The molecule has 0 bridgehead atoms. The van der Waals surface area contributed by atoms with E-state index in [0.717, 1.165) is 12.8 Å². The first kappa shape index (κ1) is 12.7. The van der Waals surface area contributed by atoms with Crippen LogP contribution in [0.1, 0.15) is 26.7 Å². The number of carbonyl (C=O) groups is 1. The van der Waals surface area contributed by atoms with Gasteiger partial charge in [-0.3, -0.25) is 4.79 Å². The Morgan fingerprint density at radius 2 is 2.15 bits per heavy atom. The Bertz CT molecular complexity index is 167. The summed E-state index contributed by atoms with van der Waals surface area (Å²) in [4.78, 5) is 11.1. The van der Waals surface area contributed by atoms with Crippen molar-refractivity contribution in [3.8, 4) is 0 Å². The van der Waals surface area contributed by atoms with Crippen molar-refractivity contribution in [2.24, 2.45) is 17.6 Å². The van der Waals surface area contributed by atoms with Gasteiger partial charge in [-0.15, -0.1) is 12.4 Å². The van der Waals surface area contributed by atoms with Crippen molar-refractivity contribution in [2.45, 2.75) is 32.7 Å². The maximum absolute atomic E-state index is 11.1. The van der Waals surface area contributed by atoms with E-state index in [4.69, 9.17) is 10.5 Å². The van der Waals surface area contributed by atoms with Gasteiger partial charge in [-0.2, -0.15) is 0 Å². The molecule has 0 saturated heterocycles. The molecular formula is C9H18ClNO2. The van der Waals surface area contributed by atoms with E-state index in [1.165, 1.54) is 0 Å². The molecule has 4 heteroatoms. The normalized spacial score (nSPS) is 28.2. The summed E-state index contributed by atoms with van der Waals surface area (Å²) in [5.41, 5.74) is 5.68. The van der Waals surface area contributed by atoms with Crippen molar-refractivity contribution in [2.75, 3.05) is 6.61 Å². The first-order chi connectivity index (χ1) is 5.65. The van der Waals surface area contributed by atoms with Crippen molar-refractivity contribution in [3.63, 3.8) is 0 Å². The molecule has 13 heavy (non-hydrogen) atoms. The van der Waals surface area contributed by atoms with E-state index >= 15 is 0 Å². The molecule has 0 heterocycles. The Kier molecular flexibility index (Phi) is 5.33. The second-order valence-corrected chi connectivity index (χ2v) is 3.54. The molecular weight excluding hydrogens is 190 g/mol. The molecule has 2 N–H and O–H groups in total. The lowest BCUT2D eigenvalue weighted by Crippen LogP contribution is -2.40. The highest BCUT2D eigenvalue weighted by Gasteiger charge is 2.36. The zero-order valence-corrected chi connectivity index (χ0v) is 8.97. The van der Waals surface area contributed by atoms with Crippen LogP contribution in [0.5, 0.6) is 0 Å². The summed E-state index contributed by atoms with van der Waals surface area (Å²) in [7, 11) is 0. The van der Waals surface area contributed by atoms with Crippen LogP contribution in [0.4, 0.5) is 0 Å². The van der Waals surface area contributed by atoms with Crippen LogP contribution in [0.3, 0.4) is 0 Å². The maximum atomic E-state index is 11.1. The van der Waals surface area contributed by atoms with E-state index in [1.807, 2.05) is 13.8 Å². The second-order valence-electron chi connectivity index (χ2n) is 3.54.